The summed E-state index contributed by atoms with van der Waals surface area (Å²) in [6.45, 7) is 0. The lowest BCUT2D eigenvalue weighted by Gasteiger charge is -2.14. The zero-order valence-corrected chi connectivity index (χ0v) is 12.6. The number of hydrogen-bond donors (Lipinski definition) is 2. The van der Waals surface area contributed by atoms with Crippen LogP contribution in [-0.2, 0) is 12.4 Å². The highest BCUT2D eigenvalue weighted by molar-refractivity contribution is 6.31. The average molecular weight is 371 g/mol. The molecule has 0 radical (unpaired) electrons. The largest absolute Gasteiger partial charge is 0.433 e. The molecule has 24 heavy (non-hydrogen) atoms. The maximum absolute atomic E-state index is 12.8. The van der Waals surface area contributed by atoms with Gasteiger partial charge in [-0.3, -0.25) is 0 Å². The second kappa shape index (κ2) is 6.34. The fraction of sp³-hybridized carbons (Fsp3) is 0.231. The lowest BCUT2D eigenvalue weighted by atomic mass is 10.2. The number of aromatic nitrogens is 2. The van der Waals surface area contributed by atoms with Gasteiger partial charge in [0.15, 0.2) is 5.69 Å². The Morgan fingerprint density at radius 1 is 0.958 bits per heavy atom. The maximum atomic E-state index is 12.8. The standard InChI is InChI=1S/C13H9ClF6N4/c1-21-11-23-9(13(18,19)20)5-10(24-11)22-6-2-3-8(14)7(4-6)12(15,16)17/h2-5H,1H3,(H2,21,22,23,24). The molecule has 2 N–H and O–H groups in total. The van der Waals surface area contributed by atoms with Crippen molar-refractivity contribution in [3.8, 4) is 0 Å². The van der Waals surface area contributed by atoms with Gasteiger partial charge in [0.2, 0.25) is 5.95 Å². The molecule has 0 unspecified atom stereocenters. The zero-order valence-electron chi connectivity index (χ0n) is 11.8. The summed E-state index contributed by atoms with van der Waals surface area (Å²) in [6.07, 6.45) is -9.43. The molecule has 2 rings (SSSR count). The monoisotopic (exact) mass is 370 g/mol. The number of anilines is 3. The third-order valence-corrected chi connectivity index (χ3v) is 3.11. The number of halogens is 7. The molecule has 0 saturated heterocycles. The van der Waals surface area contributed by atoms with Crippen LogP contribution in [-0.4, -0.2) is 17.0 Å². The Balaban J connectivity index is 2.41. The van der Waals surface area contributed by atoms with E-state index < -0.39 is 28.6 Å². The maximum Gasteiger partial charge on any atom is 0.433 e. The van der Waals surface area contributed by atoms with Crippen LogP contribution in [0.5, 0.6) is 0 Å². The molecule has 0 fully saturated rings. The van der Waals surface area contributed by atoms with Gasteiger partial charge < -0.3 is 10.6 Å². The Morgan fingerprint density at radius 2 is 1.62 bits per heavy atom. The summed E-state index contributed by atoms with van der Waals surface area (Å²) in [7, 11) is 1.31. The molecular formula is C13H9ClF6N4. The van der Waals surface area contributed by atoms with Crippen LogP contribution in [0.4, 0.5) is 43.8 Å². The number of nitrogens with zero attached hydrogens (tertiary/aromatic N) is 2. The van der Waals surface area contributed by atoms with E-state index in [9.17, 15) is 26.3 Å². The molecule has 0 bridgehead atoms. The van der Waals surface area contributed by atoms with E-state index in [-0.39, 0.29) is 17.5 Å². The van der Waals surface area contributed by atoms with Crippen molar-refractivity contribution in [2.24, 2.45) is 0 Å². The Labute approximate surface area is 136 Å². The van der Waals surface area contributed by atoms with Crippen LogP contribution in [0.1, 0.15) is 11.3 Å². The first-order valence-electron chi connectivity index (χ1n) is 6.28. The molecule has 0 amide bonds. The van der Waals surface area contributed by atoms with Gasteiger partial charge in [-0.15, -0.1) is 0 Å². The van der Waals surface area contributed by atoms with Gasteiger partial charge in [0.25, 0.3) is 0 Å². The van der Waals surface area contributed by atoms with Gasteiger partial charge in [0.1, 0.15) is 5.82 Å². The van der Waals surface area contributed by atoms with Crippen molar-refractivity contribution in [1.29, 1.82) is 0 Å². The van der Waals surface area contributed by atoms with Crippen molar-refractivity contribution < 1.29 is 26.3 Å². The van der Waals surface area contributed by atoms with Gasteiger partial charge in [0, 0.05) is 18.8 Å². The molecule has 0 saturated carbocycles. The van der Waals surface area contributed by atoms with E-state index in [4.69, 9.17) is 11.6 Å². The molecule has 1 heterocycles. The van der Waals surface area contributed by atoms with Crippen LogP contribution >= 0.6 is 11.6 Å². The first kappa shape index (κ1) is 18.1. The summed E-state index contributed by atoms with van der Waals surface area (Å²) in [5.41, 5.74) is -2.48. The predicted octanol–water partition coefficient (Wildman–Crippen LogP) is 4.95. The Kier molecular flexibility index (Phi) is 4.79. The lowest BCUT2D eigenvalue weighted by Crippen LogP contribution is -2.12. The normalized spacial score (nSPS) is 12.2. The van der Waals surface area contributed by atoms with E-state index in [1.54, 1.807) is 0 Å². The number of hydrogen-bond acceptors (Lipinski definition) is 4. The minimum Gasteiger partial charge on any atom is -0.357 e. The van der Waals surface area contributed by atoms with Crippen molar-refractivity contribution in [1.82, 2.24) is 9.97 Å². The molecule has 0 aliphatic carbocycles. The van der Waals surface area contributed by atoms with E-state index >= 15 is 0 Å². The molecular weight excluding hydrogens is 362 g/mol. The summed E-state index contributed by atoms with van der Waals surface area (Å²) < 4.78 is 76.8. The number of nitrogens with one attached hydrogen (secondary N) is 2. The molecule has 0 spiro atoms. The average Bonchev–Trinajstić information content (AvgIpc) is 2.47. The fourth-order valence-electron chi connectivity index (χ4n) is 1.74. The second-order valence-corrected chi connectivity index (χ2v) is 4.93. The topological polar surface area (TPSA) is 49.8 Å². The van der Waals surface area contributed by atoms with Gasteiger partial charge in [-0.25, -0.2) is 4.98 Å². The van der Waals surface area contributed by atoms with Gasteiger partial charge in [0.05, 0.1) is 10.6 Å². The quantitative estimate of drug-likeness (QED) is 0.750. The fourth-order valence-corrected chi connectivity index (χ4v) is 1.96. The molecule has 2 aromatic rings. The molecule has 1 aromatic heterocycles. The number of benzene rings is 1. The van der Waals surface area contributed by atoms with Crippen LogP contribution in [0.25, 0.3) is 0 Å². The molecule has 0 atom stereocenters. The van der Waals surface area contributed by atoms with E-state index in [2.05, 4.69) is 20.6 Å². The Hall–Kier alpha value is -2.23. The SMILES string of the molecule is CNc1nc(Nc2ccc(Cl)c(C(F)(F)F)c2)cc(C(F)(F)F)n1. The van der Waals surface area contributed by atoms with Crippen LogP contribution in [0.3, 0.4) is 0 Å². The first-order valence-corrected chi connectivity index (χ1v) is 6.66. The van der Waals surface area contributed by atoms with Crippen molar-refractivity contribution in [2.75, 3.05) is 17.7 Å². The molecule has 0 aliphatic rings. The Morgan fingerprint density at radius 3 is 2.17 bits per heavy atom. The van der Waals surface area contributed by atoms with E-state index in [1.165, 1.54) is 13.1 Å². The first-order chi connectivity index (χ1) is 11.0. The van der Waals surface area contributed by atoms with Crippen molar-refractivity contribution in [3.63, 3.8) is 0 Å². The third kappa shape index (κ3) is 4.19. The lowest BCUT2D eigenvalue weighted by molar-refractivity contribution is -0.141. The highest BCUT2D eigenvalue weighted by atomic mass is 35.5. The number of rotatable bonds is 3. The van der Waals surface area contributed by atoms with Crippen LogP contribution in [0.2, 0.25) is 5.02 Å². The zero-order chi connectivity index (χ0) is 18.1. The summed E-state index contributed by atoms with van der Waals surface area (Å²) in [5.74, 6) is -0.658. The van der Waals surface area contributed by atoms with Crippen LogP contribution < -0.4 is 10.6 Å². The second-order valence-electron chi connectivity index (χ2n) is 4.53. The van der Waals surface area contributed by atoms with Crippen LogP contribution in [0.15, 0.2) is 24.3 Å². The highest BCUT2D eigenvalue weighted by Gasteiger charge is 2.35. The van der Waals surface area contributed by atoms with Gasteiger partial charge in [-0.05, 0) is 18.2 Å². The minimum absolute atomic E-state index is 0.124. The Bertz CT molecular complexity index is 744. The molecule has 11 heteroatoms. The van der Waals surface area contributed by atoms with Crippen molar-refractivity contribution in [3.05, 3.63) is 40.5 Å². The van der Waals surface area contributed by atoms with Crippen LogP contribution in [0, 0.1) is 0 Å². The van der Waals surface area contributed by atoms with Crippen molar-refractivity contribution in [2.45, 2.75) is 12.4 Å². The highest BCUT2D eigenvalue weighted by Crippen LogP contribution is 2.37. The van der Waals surface area contributed by atoms with E-state index in [0.717, 1.165) is 6.07 Å². The molecule has 130 valence electrons. The summed E-state index contributed by atoms with van der Waals surface area (Å²) in [6, 6.07) is 3.43. The van der Waals surface area contributed by atoms with Gasteiger partial charge >= 0.3 is 12.4 Å². The van der Waals surface area contributed by atoms with Gasteiger partial charge in [-0.1, -0.05) is 11.6 Å². The third-order valence-electron chi connectivity index (χ3n) is 2.78. The molecule has 0 aliphatic heterocycles. The smallest absolute Gasteiger partial charge is 0.357 e. The number of alkyl halides is 6. The summed E-state index contributed by atoms with van der Waals surface area (Å²) in [4.78, 5) is 6.97. The van der Waals surface area contributed by atoms with Gasteiger partial charge in [-0.2, -0.15) is 31.3 Å². The molecule has 4 nitrogen and oxygen atoms in total. The predicted molar refractivity (Wildman–Crippen MR) is 76.3 cm³/mol. The summed E-state index contributed by atoms with van der Waals surface area (Å²) in [5, 5.41) is 4.20. The van der Waals surface area contributed by atoms with E-state index in [1.807, 2.05) is 0 Å². The minimum atomic E-state index is -4.73. The van der Waals surface area contributed by atoms with Crippen molar-refractivity contribution >= 4 is 29.1 Å². The molecule has 1 aromatic carbocycles. The summed E-state index contributed by atoms with van der Waals surface area (Å²) >= 11 is 5.48. The van der Waals surface area contributed by atoms with E-state index in [0.29, 0.717) is 12.1 Å².